The first kappa shape index (κ1) is 13.6. The fourth-order valence-electron chi connectivity index (χ4n) is 0.250. The lowest BCUT2D eigenvalue weighted by molar-refractivity contribution is -0.106. The molecule has 0 spiro atoms. The number of halogens is 4. The third kappa shape index (κ3) is 25.5. The number of rotatable bonds is 2. The molecule has 0 amide bonds. The van der Waals surface area contributed by atoms with Crippen molar-refractivity contribution in [3.8, 4) is 0 Å². The van der Waals surface area contributed by atoms with E-state index in [9.17, 15) is 13.2 Å². The summed E-state index contributed by atoms with van der Waals surface area (Å²) in [7, 11) is 0. The lowest BCUT2D eigenvalue weighted by Gasteiger charge is -1.94. The van der Waals surface area contributed by atoms with Gasteiger partial charge in [-0.2, -0.15) is 13.2 Å². The zero-order valence-electron chi connectivity index (χ0n) is 6.63. The highest BCUT2D eigenvalue weighted by atomic mass is 35.5. The molecule has 0 bridgehead atoms. The van der Waals surface area contributed by atoms with Crippen LogP contribution in [0.2, 0.25) is 0 Å². The van der Waals surface area contributed by atoms with Gasteiger partial charge in [0.1, 0.15) is 5.88 Å². The highest BCUT2D eigenvalue weighted by molar-refractivity contribution is 6.18. The second kappa shape index (κ2) is 8.14. The van der Waals surface area contributed by atoms with Crippen LogP contribution in [0.15, 0.2) is 0 Å². The Morgan fingerprint density at radius 3 is 1.45 bits per heavy atom. The molecule has 70 valence electrons. The molecule has 0 heterocycles. The maximum Gasteiger partial charge on any atom is 0.402 e. The Hall–Kier alpha value is 0.0400. The van der Waals surface area contributed by atoms with Gasteiger partial charge >= 0.3 is 6.18 Å². The molecule has 0 aromatic carbocycles. The van der Waals surface area contributed by atoms with Crippen molar-refractivity contribution in [2.75, 3.05) is 19.0 Å². The first-order valence-electron chi connectivity index (χ1n) is 3.31. The molecule has 0 fully saturated rings. The third-order valence-corrected chi connectivity index (χ3v) is 0.955. The maximum atomic E-state index is 10.7. The molecule has 5 heteroatoms. The van der Waals surface area contributed by atoms with Gasteiger partial charge in [0, 0.05) is 0 Å². The molecule has 0 radical (unpaired) electrons. The van der Waals surface area contributed by atoms with Crippen LogP contribution in [-0.2, 0) is 0 Å². The fraction of sp³-hybridized carbons (Fsp3) is 1.00. The van der Waals surface area contributed by atoms with E-state index in [0.29, 0.717) is 0 Å². The largest absolute Gasteiger partial charge is 0.402 e. The van der Waals surface area contributed by atoms with Gasteiger partial charge in [-0.25, -0.2) is 0 Å². The van der Waals surface area contributed by atoms with Crippen LogP contribution in [0.5, 0.6) is 0 Å². The van der Waals surface area contributed by atoms with Crippen molar-refractivity contribution >= 4 is 11.6 Å². The van der Waals surface area contributed by atoms with Gasteiger partial charge in [-0.3, -0.25) is 0 Å². The average Bonchev–Trinajstić information content (AvgIpc) is 1.90. The Kier molecular flexibility index (Phi) is 10.1. The second-order valence-electron chi connectivity index (χ2n) is 1.71. The Bertz CT molecular complexity index is 72.7. The van der Waals surface area contributed by atoms with E-state index in [4.69, 9.17) is 0 Å². The Morgan fingerprint density at radius 2 is 1.45 bits per heavy atom. The van der Waals surface area contributed by atoms with Crippen LogP contribution in [0.25, 0.3) is 0 Å². The van der Waals surface area contributed by atoms with Crippen molar-refractivity contribution < 1.29 is 13.2 Å². The van der Waals surface area contributed by atoms with Gasteiger partial charge in [-0.15, -0.1) is 11.6 Å². The first-order chi connectivity index (χ1) is 4.97. The molecule has 0 aliphatic rings. The number of hydrogen-bond donors (Lipinski definition) is 1. The van der Waals surface area contributed by atoms with Crippen molar-refractivity contribution in [3.05, 3.63) is 0 Å². The van der Waals surface area contributed by atoms with Crippen molar-refractivity contribution in [2.45, 2.75) is 20.0 Å². The molecule has 0 saturated heterocycles. The van der Waals surface area contributed by atoms with E-state index in [1.807, 2.05) is 0 Å². The standard InChI is InChI=1S/C4H11N.C2H2ClF3/c1-3-5-4-2;3-1-2(4,5)6/h5H,3-4H2,1-2H3;1H2. The summed E-state index contributed by atoms with van der Waals surface area (Å²) in [5, 5.41) is 3.11. The smallest absolute Gasteiger partial charge is 0.317 e. The molecule has 0 rings (SSSR count). The lowest BCUT2D eigenvalue weighted by Crippen LogP contribution is -2.09. The predicted molar refractivity (Wildman–Crippen MR) is 41.0 cm³/mol. The van der Waals surface area contributed by atoms with Gasteiger partial charge < -0.3 is 5.32 Å². The van der Waals surface area contributed by atoms with Gasteiger partial charge in [0.25, 0.3) is 0 Å². The number of hydrogen-bond acceptors (Lipinski definition) is 1. The third-order valence-electron chi connectivity index (χ3n) is 0.652. The van der Waals surface area contributed by atoms with E-state index in [1.54, 1.807) is 0 Å². The topological polar surface area (TPSA) is 12.0 Å². The van der Waals surface area contributed by atoms with Crippen molar-refractivity contribution in [3.63, 3.8) is 0 Å². The minimum atomic E-state index is -4.19. The Balaban J connectivity index is 0. The maximum absolute atomic E-state index is 10.7. The minimum absolute atomic E-state index is 1.09. The average molecular weight is 192 g/mol. The molecule has 0 aromatic rings. The summed E-state index contributed by atoms with van der Waals surface area (Å²) in [6.45, 7) is 6.39. The van der Waals surface area contributed by atoms with Crippen molar-refractivity contribution in [1.29, 1.82) is 0 Å². The van der Waals surface area contributed by atoms with E-state index in [1.165, 1.54) is 0 Å². The molecular formula is C6H13ClF3N. The highest BCUT2D eigenvalue weighted by Crippen LogP contribution is 2.14. The Morgan fingerprint density at radius 1 is 1.18 bits per heavy atom. The van der Waals surface area contributed by atoms with Crippen LogP contribution in [0.1, 0.15) is 13.8 Å². The van der Waals surface area contributed by atoms with Gasteiger partial charge in [0.15, 0.2) is 0 Å². The van der Waals surface area contributed by atoms with E-state index < -0.39 is 12.1 Å². The Labute approximate surface area is 69.9 Å². The zero-order valence-corrected chi connectivity index (χ0v) is 7.39. The van der Waals surface area contributed by atoms with E-state index >= 15 is 0 Å². The lowest BCUT2D eigenvalue weighted by atomic mass is 10.7. The summed E-state index contributed by atoms with van der Waals surface area (Å²) in [4.78, 5) is 0. The summed E-state index contributed by atoms with van der Waals surface area (Å²) in [5.74, 6) is -1.26. The van der Waals surface area contributed by atoms with E-state index in [0.717, 1.165) is 13.1 Å². The molecule has 0 atom stereocenters. The van der Waals surface area contributed by atoms with Gasteiger partial charge in [0.05, 0.1) is 0 Å². The minimum Gasteiger partial charge on any atom is -0.317 e. The zero-order chi connectivity index (χ0) is 9.33. The molecule has 11 heavy (non-hydrogen) atoms. The molecule has 0 aromatic heterocycles. The molecule has 1 nitrogen and oxygen atoms in total. The molecule has 0 unspecified atom stereocenters. The molecule has 0 aliphatic carbocycles. The number of nitrogens with one attached hydrogen (secondary N) is 1. The quantitative estimate of drug-likeness (QED) is 0.661. The van der Waals surface area contributed by atoms with Crippen LogP contribution < -0.4 is 5.32 Å². The van der Waals surface area contributed by atoms with Crippen molar-refractivity contribution in [1.82, 2.24) is 5.32 Å². The van der Waals surface area contributed by atoms with E-state index in [-0.39, 0.29) is 0 Å². The van der Waals surface area contributed by atoms with Crippen LogP contribution in [-0.4, -0.2) is 25.1 Å². The van der Waals surface area contributed by atoms with E-state index in [2.05, 4.69) is 30.8 Å². The summed E-state index contributed by atoms with van der Waals surface area (Å²) < 4.78 is 32.0. The molecule has 1 N–H and O–H groups in total. The summed E-state index contributed by atoms with van der Waals surface area (Å²) >= 11 is 4.35. The van der Waals surface area contributed by atoms with Crippen LogP contribution in [0.3, 0.4) is 0 Å². The summed E-state index contributed by atoms with van der Waals surface area (Å²) in [5.41, 5.74) is 0. The van der Waals surface area contributed by atoms with Crippen LogP contribution in [0, 0.1) is 0 Å². The first-order valence-corrected chi connectivity index (χ1v) is 3.84. The second-order valence-corrected chi connectivity index (χ2v) is 1.97. The van der Waals surface area contributed by atoms with Gasteiger partial charge in [-0.05, 0) is 13.1 Å². The number of alkyl halides is 4. The van der Waals surface area contributed by atoms with Gasteiger partial charge in [-0.1, -0.05) is 13.8 Å². The monoisotopic (exact) mass is 191 g/mol. The summed E-state index contributed by atoms with van der Waals surface area (Å²) in [6, 6.07) is 0. The SMILES string of the molecule is CCNCC.FC(F)(F)CCl. The predicted octanol–water partition coefficient (Wildman–Crippen LogP) is 2.40. The fourth-order valence-corrected chi connectivity index (χ4v) is 0.250. The van der Waals surface area contributed by atoms with Gasteiger partial charge in [0.2, 0.25) is 0 Å². The van der Waals surface area contributed by atoms with Crippen LogP contribution >= 0.6 is 11.6 Å². The summed E-state index contributed by atoms with van der Waals surface area (Å²) in [6.07, 6.45) is -4.19. The highest BCUT2D eigenvalue weighted by Gasteiger charge is 2.24. The molecular weight excluding hydrogens is 179 g/mol. The molecule has 0 saturated carbocycles. The van der Waals surface area contributed by atoms with Crippen LogP contribution in [0.4, 0.5) is 13.2 Å². The molecule has 0 aliphatic heterocycles. The normalized spacial score (nSPS) is 10.4. The van der Waals surface area contributed by atoms with Crippen molar-refractivity contribution in [2.24, 2.45) is 0 Å².